The van der Waals surface area contributed by atoms with Crippen molar-refractivity contribution in [2.75, 3.05) is 19.9 Å². The average molecular weight is 408 g/mol. The van der Waals surface area contributed by atoms with Crippen molar-refractivity contribution in [3.8, 4) is 17.2 Å². The van der Waals surface area contributed by atoms with Gasteiger partial charge < -0.3 is 19.3 Å². The van der Waals surface area contributed by atoms with Gasteiger partial charge in [-0.05, 0) is 48.3 Å². The Morgan fingerprint density at radius 3 is 2.78 bits per heavy atom. The molecule has 1 saturated heterocycles. The second-order valence-corrected chi connectivity index (χ2v) is 9.02. The van der Waals surface area contributed by atoms with Gasteiger partial charge in [-0.15, -0.1) is 11.3 Å². The van der Waals surface area contributed by atoms with Crippen molar-refractivity contribution >= 4 is 22.9 Å². The number of ether oxygens (including phenoxy) is 3. The van der Waals surface area contributed by atoms with Gasteiger partial charge in [0.05, 0.1) is 11.1 Å². The van der Waals surface area contributed by atoms with E-state index < -0.39 is 6.10 Å². The molecule has 1 saturated carbocycles. The van der Waals surface area contributed by atoms with E-state index in [0.29, 0.717) is 17.6 Å². The SMILES string of the molecule is O[C@@H]1C[C@H]2CN(Cc3sccc3Cl)C[C@H]2C[C@H]1Oc1ccc2c(c1)OCO2. The molecule has 4 atom stereocenters. The first kappa shape index (κ1) is 17.6. The molecule has 0 unspecified atom stereocenters. The van der Waals surface area contributed by atoms with Crippen molar-refractivity contribution in [1.29, 1.82) is 0 Å². The van der Waals surface area contributed by atoms with E-state index in [0.717, 1.165) is 49.0 Å². The fraction of sp³-hybridized carbons (Fsp3) is 0.500. The number of thiophene rings is 1. The number of hydrogen-bond acceptors (Lipinski definition) is 6. The van der Waals surface area contributed by atoms with E-state index in [4.69, 9.17) is 25.8 Å². The Bertz CT molecular complexity index is 828. The summed E-state index contributed by atoms with van der Waals surface area (Å²) in [6, 6.07) is 7.55. The van der Waals surface area contributed by atoms with E-state index in [-0.39, 0.29) is 12.9 Å². The Hall–Kier alpha value is -1.47. The number of aliphatic hydroxyl groups is 1. The monoisotopic (exact) mass is 407 g/mol. The van der Waals surface area contributed by atoms with Crippen LogP contribution in [0.5, 0.6) is 17.2 Å². The molecular formula is C20H22ClNO4S. The van der Waals surface area contributed by atoms with Gasteiger partial charge in [0.2, 0.25) is 6.79 Å². The zero-order chi connectivity index (χ0) is 18.4. The van der Waals surface area contributed by atoms with Crippen LogP contribution in [0.1, 0.15) is 17.7 Å². The molecular weight excluding hydrogens is 386 g/mol. The number of likely N-dealkylation sites (tertiary alicyclic amines) is 1. The predicted molar refractivity (Wildman–Crippen MR) is 104 cm³/mol. The topological polar surface area (TPSA) is 51.2 Å². The van der Waals surface area contributed by atoms with Gasteiger partial charge in [0.1, 0.15) is 11.9 Å². The summed E-state index contributed by atoms with van der Waals surface area (Å²) in [6.07, 6.45) is 1.03. The van der Waals surface area contributed by atoms with Crippen LogP contribution in [0.3, 0.4) is 0 Å². The summed E-state index contributed by atoms with van der Waals surface area (Å²) in [5, 5.41) is 13.5. The first-order chi connectivity index (χ1) is 13.2. The van der Waals surface area contributed by atoms with Crippen molar-refractivity contribution in [1.82, 2.24) is 4.90 Å². The molecule has 1 aromatic carbocycles. The fourth-order valence-corrected chi connectivity index (χ4v) is 5.65. The third kappa shape index (κ3) is 3.51. The maximum absolute atomic E-state index is 10.6. The maximum atomic E-state index is 10.6. The Balaban J connectivity index is 1.23. The summed E-state index contributed by atoms with van der Waals surface area (Å²) in [7, 11) is 0. The van der Waals surface area contributed by atoms with Crippen LogP contribution in [0.2, 0.25) is 5.02 Å². The molecule has 0 bridgehead atoms. The molecule has 0 spiro atoms. The van der Waals surface area contributed by atoms with Crippen molar-refractivity contribution in [2.24, 2.45) is 11.8 Å². The third-order valence-electron chi connectivity index (χ3n) is 5.85. The lowest BCUT2D eigenvalue weighted by Gasteiger charge is -2.35. The molecule has 2 aliphatic heterocycles. The van der Waals surface area contributed by atoms with E-state index in [2.05, 4.69) is 4.90 Å². The Kier molecular flexibility index (Phi) is 4.68. The van der Waals surface area contributed by atoms with Gasteiger partial charge in [-0.25, -0.2) is 0 Å². The smallest absolute Gasteiger partial charge is 0.231 e. The second-order valence-electron chi connectivity index (χ2n) is 7.62. The molecule has 1 aromatic heterocycles. The van der Waals surface area contributed by atoms with Gasteiger partial charge in [0, 0.05) is 30.6 Å². The molecule has 144 valence electrons. The van der Waals surface area contributed by atoms with E-state index in [1.807, 2.05) is 29.6 Å². The summed E-state index contributed by atoms with van der Waals surface area (Å²) in [4.78, 5) is 3.69. The summed E-state index contributed by atoms with van der Waals surface area (Å²) in [5.41, 5.74) is 0. The number of aliphatic hydroxyl groups excluding tert-OH is 1. The van der Waals surface area contributed by atoms with Crippen molar-refractivity contribution in [3.05, 3.63) is 39.5 Å². The van der Waals surface area contributed by atoms with Crippen LogP contribution in [0, 0.1) is 11.8 Å². The largest absolute Gasteiger partial charge is 0.488 e. The molecule has 0 radical (unpaired) electrons. The maximum Gasteiger partial charge on any atom is 0.231 e. The quantitative estimate of drug-likeness (QED) is 0.835. The number of nitrogens with zero attached hydrogens (tertiary/aromatic N) is 1. The van der Waals surface area contributed by atoms with Crippen LogP contribution >= 0.6 is 22.9 Å². The molecule has 1 N–H and O–H groups in total. The molecule has 5 nitrogen and oxygen atoms in total. The molecule has 27 heavy (non-hydrogen) atoms. The number of benzene rings is 1. The average Bonchev–Trinajstić information content (AvgIpc) is 3.36. The summed E-state index contributed by atoms with van der Waals surface area (Å²) >= 11 is 7.97. The van der Waals surface area contributed by atoms with Crippen LogP contribution in [0.4, 0.5) is 0 Å². The lowest BCUT2D eigenvalue weighted by atomic mass is 9.78. The normalized spacial score (nSPS) is 29.7. The number of halogens is 1. The standard InChI is InChI=1S/C20H22ClNO4S/c21-15-3-4-27-20(15)10-22-8-12-5-16(23)18(6-13(12)9-22)26-14-1-2-17-19(7-14)25-11-24-17/h1-4,7,12-13,16,18,23H,5-6,8-11H2/t12-,13+,16+,18+/m0/s1. The molecule has 3 aliphatic rings. The van der Waals surface area contributed by atoms with E-state index in [1.165, 1.54) is 4.88 Å². The van der Waals surface area contributed by atoms with Crippen LogP contribution in [0.25, 0.3) is 0 Å². The van der Waals surface area contributed by atoms with Gasteiger partial charge in [-0.3, -0.25) is 4.90 Å². The third-order valence-corrected chi connectivity index (χ3v) is 7.22. The summed E-state index contributed by atoms with van der Waals surface area (Å²) in [5.74, 6) is 3.24. The van der Waals surface area contributed by atoms with Gasteiger partial charge >= 0.3 is 0 Å². The predicted octanol–water partition coefficient (Wildman–Crippen LogP) is 3.78. The highest BCUT2D eigenvalue weighted by atomic mass is 35.5. The van der Waals surface area contributed by atoms with Crippen LogP contribution in [-0.2, 0) is 6.54 Å². The van der Waals surface area contributed by atoms with Crippen LogP contribution in [0.15, 0.2) is 29.6 Å². The number of rotatable bonds is 4. The molecule has 1 aliphatic carbocycles. The molecule has 5 rings (SSSR count). The van der Waals surface area contributed by atoms with Crippen LogP contribution < -0.4 is 14.2 Å². The summed E-state index contributed by atoms with van der Waals surface area (Å²) in [6.45, 7) is 3.20. The lowest BCUT2D eigenvalue weighted by Crippen LogP contribution is -2.42. The van der Waals surface area contributed by atoms with Gasteiger partial charge in [0.25, 0.3) is 0 Å². The van der Waals surface area contributed by atoms with E-state index >= 15 is 0 Å². The first-order valence-corrected chi connectivity index (χ1v) is 10.6. The highest BCUT2D eigenvalue weighted by Gasteiger charge is 2.42. The molecule has 3 heterocycles. The van der Waals surface area contributed by atoms with Crippen molar-refractivity contribution < 1.29 is 19.3 Å². The zero-order valence-corrected chi connectivity index (χ0v) is 16.4. The molecule has 2 fully saturated rings. The second kappa shape index (κ2) is 7.17. The Labute approximate surface area is 167 Å². The summed E-state index contributed by atoms with van der Waals surface area (Å²) < 4.78 is 16.9. The van der Waals surface area contributed by atoms with E-state index in [9.17, 15) is 5.11 Å². The first-order valence-electron chi connectivity index (χ1n) is 9.34. The van der Waals surface area contributed by atoms with Gasteiger partial charge in [-0.2, -0.15) is 0 Å². The Morgan fingerprint density at radius 1 is 1.15 bits per heavy atom. The zero-order valence-electron chi connectivity index (χ0n) is 14.8. The van der Waals surface area contributed by atoms with Crippen molar-refractivity contribution in [2.45, 2.75) is 31.6 Å². The minimum absolute atomic E-state index is 0.183. The number of fused-ring (bicyclic) bond motifs is 2. The molecule has 7 heteroatoms. The molecule has 2 aromatic rings. The van der Waals surface area contributed by atoms with Crippen molar-refractivity contribution in [3.63, 3.8) is 0 Å². The minimum Gasteiger partial charge on any atom is -0.488 e. The number of hydrogen-bond donors (Lipinski definition) is 1. The Morgan fingerprint density at radius 2 is 1.96 bits per heavy atom. The fourth-order valence-electron chi connectivity index (χ4n) is 4.51. The van der Waals surface area contributed by atoms with Gasteiger partial charge in [0.15, 0.2) is 11.5 Å². The van der Waals surface area contributed by atoms with Gasteiger partial charge in [-0.1, -0.05) is 11.6 Å². The minimum atomic E-state index is -0.443. The van der Waals surface area contributed by atoms with Crippen LogP contribution in [-0.4, -0.2) is 42.1 Å². The highest BCUT2D eigenvalue weighted by molar-refractivity contribution is 7.10. The highest BCUT2D eigenvalue weighted by Crippen LogP contribution is 2.41. The lowest BCUT2D eigenvalue weighted by molar-refractivity contribution is -0.0232. The molecule has 0 amide bonds. The van der Waals surface area contributed by atoms with E-state index in [1.54, 1.807) is 11.3 Å².